The molecule has 0 amide bonds. The second-order valence-corrected chi connectivity index (χ2v) is 4.03. The normalized spacial score (nSPS) is 8.00. The van der Waals surface area contributed by atoms with Gasteiger partial charge >= 0.3 is 49.0 Å². The Morgan fingerprint density at radius 3 is 2.62 bits per heavy atom. The van der Waals surface area contributed by atoms with Gasteiger partial charge < -0.3 is 0 Å². The molecule has 0 N–H and O–H groups in total. The number of rotatable bonds is 1. The fraction of sp³-hybridized carbons (Fsp3) is 0.333. The second kappa shape index (κ2) is 4.89. The molecule has 8 heavy (non-hydrogen) atoms. The van der Waals surface area contributed by atoms with Crippen LogP contribution in [0.2, 0.25) is 0 Å². The zero-order valence-corrected chi connectivity index (χ0v) is 5.61. The molecule has 44 valence electrons. The molecule has 0 rings (SSSR count). The summed E-state index contributed by atoms with van der Waals surface area (Å²) in [6, 6.07) is 0. The van der Waals surface area contributed by atoms with Crippen molar-refractivity contribution in [2.75, 3.05) is 5.75 Å². The van der Waals surface area contributed by atoms with Gasteiger partial charge in [0.15, 0.2) is 0 Å². The van der Waals surface area contributed by atoms with Crippen molar-refractivity contribution in [2.24, 2.45) is 0 Å². The third-order valence-electron chi connectivity index (χ3n) is 0.421. The van der Waals surface area contributed by atoms with Crippen LogP contribution >= 0.6 is 7.03 Å². The summed E-state index contributed by atoms with van der Waals surface area (Å²) in [4.78, 5) is 9.65. The maximum atomic E-state index is 9.85. The summed E-state index contributed by atoms with van der Waals surface area (Å²) < 4.78 is 9.85. The zero-order chi connectivity index (χ0) is 6.41. The predicted molar refractivity (Wildman–Crippen MR) is 31.5 cm³/mol. The molecule has 0 fully saturated rings. The van der Waals surface area contributed by atoms with Gasteiger partial charge in [-0.25, -0.2) is 0 Å². The summed E-state index contributed by atoms with van der Waals surface area (Å²) in [7, 11) is -1.12. The average Bonchev–Trinajstić information content (AvgIpc) is 1.83. The molecule has 0 atom stereocenters. The van der Waals surface area contributed by atoms with Crippen molar-refractivity contribution in [3.8, 4) is 5.40 Å². The van der Waals surface area contributed by atoms with Crippen molar-refractivity contribution in [1.82, 2.24) is 0 Å². The van der Waals surface area contributed by atoms with Gasteiger partial charge in [0.25, 0.3) is 0 Å². The summed E-state index contributed by atoms with van der Waals surface area (Å²) in [6.45, 7) is 0. The van der Waals surface area contributed by atoms with E-state index in [1.165, 1.54) is 0 Å². The van der Waals surface area contributed by atoms with E-state index in [0.29, 0.717) is 6.29 Å². The molecule has 0 saturated heterocycles. The van der Waals surface area contributed by atoms with Crippen molar-refractivity contribution in [3.05, 3.63) is 0 Å². The van der Waals surface area contributed by atoms with Crippen LogP contribution in [0, 0.1) is 10.7 Å². The van der Waals surface area contributed by atoms with Crippen molar-refractivity contribution in [3.63, 3.8) is 0 Å². The minimum absolute atomic E-state index is 0.0849. The molecule has 0 aromatic heterocycles. The van der Waals surface area contributed by atoms with Crippen molar-refractivity contribution < 1.29 is 9.36 Å². The van der Waals surface area contributed by atoms with Gasteiger partial charge in [-0.1, -0.05) is 0 Å². The Labute approximate surface area is 49.7 Å². The Morgan fingerprint density at radius 1 is 1.88 bits per heavy atom. The van der Waals surface area contributed by atoms with Gasteiger partial charge in [0.05, 0.1) is 0 Å². The van der Waals surface area contributed by atoms with Crippen LogP contribution in [0.15, 0.2) is 0 Å². The summed E-state index contributed by atoms with van der Waals surface area (Å²) in [5, 5.41) is 9.78. The van der Waals surface area contributed by atoms with Crippen LogP contribution in [-0.4, -0.2) is 12.0 Å². The van der Waals surface area contributed by atoms with E-state index in [0.717, 1.165) is 0 Å². The monoisotopic (exact) mass is 148 g/mol. The Balaban J connectivity index is 4.15. The molecule has 0 aliphatic carbocycles. The number of carbonyl (C=O) groups excluding carboxylic acids is 1. The number of aldehydes is 1. The number of thiocyanates is 1. The summed E-state index contributed by atoms with van der Waals surface area (Å²) in [5.41, 5.74) is 0. The second-order valence-electron chi connectivity index (χ2n) is 0.864. The molecule has 0 aliphatic heterocycles. The Kier molecular flexibility index (Phi) is 4.73. The predicted octanol–water partition coefficient (Wildman–Crippen LogP) is 0.491. The Morgan fingerprint density at radius 2 is 2.50 bits per heavy atom. The fourth-order valence-electron chi connectivity index (χ4n) is 0.149. The Bertz CT molecular complexity index is 233. The number of nitrogens with zero attached hydrogens (tertiary/aromatic N) is 1. The first-order chi connectivity index (χ1) is 3.85. The number of carbonyl (C=O) groups is 1. The van der Waals surface area contributed by atoms with E-state index >= 15 is 0 Å². The van der Waals surface area contributed by atoms with E-state index in [4.69, 9.17) is 5.26 Å². The van der Waals surface area contributed by atoms with Crippen LogP contribution in [0.1, 0.15) is 0 Å². The van der Waals surface area contributed by atoms with Gasteiger partial charge in [0, 0.05) is 0 Å². The van der Waals surface area contributed by atoms with Gasteiger partial charge in [-0.2, -0.15) is 0 Å². The summed E-state index contributed by atoms with van der Waals surface area (Å²) in [5.74, 6) is 0.0849. The molecule has 0 aromatic rings. The van der Waals surface area contributed by atoms with Crippen molar-refractivity contribution >= 4 is 23.2 Å². The van der Waals surface area contributed by atoms with Crippen LogP contribution in [0.3, 0.4) is 0 Å². The number of hydrogen-bond acceptors (Lipinski definition) is 4. The van der Waals surface area contributed by atoms with Crippen LogP contribution in [0.4, 0.5) is 0 Å². The van der Waals surface area contributed by atoms with Crippen molar-refractivity contribution in [2.45, 2.75) is 0 Å². The number of nitriles is 1. The van der Waals surface area contributed by atoms with Crippen LogP contribution in [-0.2, 0) is 19.2 Å². The molecular weight excluding hydrogens is 145 g/mol. The molecule has 0 saturated carbocycles. The quantitative estimate of drug-likeness (QED) is 0.235. The van der Waals surface area contributed by atoms with E-state index in [1.54, 1.807) is 5.40 Å². The van der Waals surface area contributed by atoms with Gasteiger partial charge in [0.1, 0.15) is 0 Å². The van der Waals surface area contributed by atoms with Crippen molar-refractivity contribution in [1.29, 1.82) is 5.26 Å². The molecule has 0 heterocycles. The van der Waals surface area contributed by atoms with Gasteiger partial charge in [-0.05, 0) is 0 Å². The Hall–Kier alpha value is -0.260. The fourth-order valence-corrected chi connectivity index (χ4v) is 0.912. The van der Waals surface area contributed by atoms with Gasteiger partial charge in [-0.15, -0.1) is 0 Å². The molecule has 0 aliphatic rings. The molecule has 5 heteroatoms. The van der Waals surface area contributed by atoms with E-state index in [2.05, 4.69) is 0 Å². The van der Waals surface area contributed by atoms with Crippen LogP contribution < -0.4 is 0 Å². The molecule has 0 bridgehead atoms. The van der Waals surface area contributed by atoms with Gasteiger partial charge in [-0.3, -0.25) is 0 Å². The van der Waals surface area contributed by atoms with E-state index in [-0.39, 0.29) is 12.8 Å². The summed E-state index contributed by atoms with van der Waals surface area (Å²) >= 11 is 0. The molecule has 0 spiro atoms. The standard InChI is InChI=1S/C3H3NO2PS/c4-3-8(7-6)2-1-5/h1H,2H2/q-1. The number of hydrogen-bond donors (Lipinski definition) is 0. The topological polar surface area (TPSA) is 57.9 Å². The maximum absolute atomic E-state index is 9.85. The molecular formula is C3H3NO2PS-. The first kappa shape index (κ1) is 7.74. The van der Waals surface area contributed by atoms with Crippen LogP contribution in [0.25, 0.3) is 0 Å². The third-order valence-corrected chi connectivity index (χ3v) is 2.50. The molecule has 0 unspecified atom stereocenters. The zero-order valence-electron chi connectivity index (χ0n) is 3.90. The first-order valence-electron chi connectivity index (χ1n) is 1.73. The van der Waals surface area contributed by atoms with E-state index in [9.17, 15) is 9.36 Å². The van der Waals surface area contributed by atoms with E-state index in [1.807, 2.05) is 0 Å². The minimum atomic E-state index is -0.884. The third kappa shape index (κ3) is 2.84. The van der Waals surface area contributed by atoms with Crippen LogP contribution in [0.5, 0.6) is 0 Å². The average molecular weight is 148 g/mol. The summed E-state index contributed by atoms with van der Waals surface area (Å²) in [6.07, 6.45) is 0.594. The SMILES string of the molecule is N#C[S-](CC=O)#P=O. The first-order valence-corrected chi connectivity index (χ1v) is 4.54. The molecule has 3 nitrogen and oxygen atoms in total. The molecule has 0 radical (unpaired) electrons. The van der Waals surface area contributed by atoms with E-state index < -0.39 is 9.87 Å². The van der Waals surface area contributed by atoms with Gasteiger partial charge in [0.2, 0.25) is 0 Å². The molecule has 0 aromatic carbocycles.